The van der Waals surface area contributed by atoms with Crippen LogP contribution in [0.3, 0.4) is 0 Å². The lowest BCUT2D eigenvalue weighted by Crippen LogP contribution is -2.33. The van der Waals surface area contributed by atoms with E-state index in [1.807, 2.05) is 0 Å². The maximum atomic E-state index is 13.9. The first-order valence-corrected chi connectivity index (χ1v) is 8.88. The van der Waals surface area contributed by atoms with Crippen molar-refractivity contribution < 1.29 is 17.6 Å². The van der Waals surface area contributed by atoms with Crippen molar-refractivity contribution in [1.29, 1.82) is 0 Å². The average molecular weight is 339 g/mol. The molecule has 0 saturated heterocycles. The lowest BCUT2D eigenvalue weighted by atomic mass is 10.1. The smallest absolute Gasteiger partial charge is 0.245 e. The molecule has 0 bridgehead atoms. The molecule has 1 N–H and O–H groups in total. The number of benzene rings is 1. The summed E-state index contributed by atoms with van der Waals surface area (Å²) in [7, 11) is -3.62. The first-order valence-electron chi connectivity index (χ1n) is 6.99. The summed E-state index contributed by atoms with van der Waals surface area (Å²) < 4.78 is 38.3. The summed E-state index contributed by atoms with van der Waals surface area (Å²) in [4.78, 5) is 11.8. The van der Waals surface area contributed by atoms with Crippen LogP contribution in [-0.2, 0) is 14.6 Å². The Labute approximate surface area is 134 Å². The maximum Gasteiger partial charge on any atom is 0.245 e. The lowest BCUT2D eigenvalue weighted by Gasteiger charge is -2.18. The van der Waals surface area contributed by atoms with Gasteiger partial charge in [0, 0.05) is 18.6 Å². The highest BCUT2D eigenvalue weighted by Crippen LogP contribution is 2.20. The van der Waals surface area contributed by atoms with Gasteiger partial charge < -0.3 is 5.32 Å². The zero-order chi connectivity index (χ0) is 17.2. The molecule has 0 aliphatic rings. The van der Waals surface area contributed by atoms with Crippen LogP contribution < -0.4 is 5.32 Å². The van der Waals surface area contributed by atoms with Crippen LogP contribution >= 0.6 is 0 Å². The van der Waals surface area contributed by atoms with E-state index in [-0.39, 0.29) is 10.8 Å². The Balaban J connectivity index is 2.13. The van der Waals surface area contributed by atoms with Crippen molar-refractivity contribution in [2.45, 2.75) is 30.8 Å². The number of rotatable bonds is 5. The number of carbonyl (C=O) groups is 1. The zero-order valence-electron chi connectivity index (χ0n) is 13.0. The minimum atomic E-state index is -3.62. The van der Waals surface area contributed by atoms with E-state index in [0.29, 0.717) is 5.56 Å². The van der Waals surface area contributed by atoms with Gasteiger partial charge in [-0.2, -0.15) is 5.10 Å². The van der Waals surface area contributed by atoms with E-state index in [0.717, 1.165) is 12.3 Å². The summed E-state index contributed by atoms with van der Waals surface area (Å²) in [6.45, 7) is 3.39. The van der Waals surface area contributed by atoms with Gasteiger partial charge >= 0.3 is 0 Å². The number of aromatic nitrogens is 2. The van der Waals surface area contributed by atoms with Crippen molar-refractivity contribution in [2.24, 2.45) is 0 Å². The van der Waals surface area contributed by atoms with Crippen LogP contribution in [0.4, 0.5) is 4.39 Å². The molecule has 0 saturated carbocycles. The van der Waals surface area contributed by atoms with Gasteiger partial charge in [-0.25, -0.2) is 12.8 Å². The normalized spacial score (nSPS) is 14.3. The fraction of sp³-hybridized carbons (Fsp3) is 0.333. The van der Waals surface area contributed by atoms with Crippen LogP contribution in [0, 0.1) is 5.82 Å². The summed E-state index contributed by atoms with van der Waals surface area (Å²) in [6.07, 6.45) is 4.20. The predicted octanol–water partition coefficient (Wildman–Crippen LogP) is 1.86. The number of nitrogens with one attached hydrogen (secondary N) is 1. The molecule has 8 heteroatoms. The summed E-state index contributed by atoms with van der Waals surface area (Å²) >= 11 is 0. The molecule has 124 valence electrons. The monoisotopic (exact) mass is 339 g/mol. The van der Waals surface area contributed by atoms with Crippen molar-refractivity contribution in [1.82, 2.24) is 15.1 Å². The predicted molar refractivity (Wildman–Crippen MR) is 83.0 cm³/mol. The van der Waals surface area contributed by atoms with E-state index >= 15 is 0 Å². The second-order valence-corrected chi connectivity index (χ2v) is 7.34. The van der Waals surface area contributed by atoms with Gasteiger partial charge in [-0.05, 0) is 37.6 Å². The van der Waals surface area contributed by atoms with Crippen molar-refractivity contribution in [2.75, 3.05) is 6.26 Å². The Bertz CT molecular complexity index is 803. The standard InChI is InChI=1S/C15H18FN3O3S/c1-10(18-15(20)11(2)19-8-4-7-17-19)12-5-6-14(13(16)9-12)23(3,21)22/h4-11H,1-3H3,(H,18,20)/t10-,11-/m0/s1. The minimum absolute atomic E-state index is 0.270. The molecule has 0 spiro atoms. The van der Waals surface area contributed by atoms with Gasteiger partial charge in [-0.1, -0.05) is 6.07 Å². The second-order valence-electron chi connectivity index (χ2n) is 5.35. The summed E-state index contributed by atoms with van der Waals surface area (Å²) in [5.74, 6) is -1.10. The Morgan fingerprint density at radius 1 is 1.35 bits per heavy atom. The minimum Gasteiger partial charge on any atom is -0.348 e. The largest absolute Gasteiger partial charge is 0.348 e. The molecule has 1 aromatic heterocycles. The maximum absolute atomic E-state index is 13.9. The number of nitrogens with zero attached hydrogens (tertiary/aromatic N) is 2. The Hall–Kier alpha value is -2.22. The van der Waals surface area contributed by atoms with E-state index in [4.69, 9.17) is 0 Å². The van der Waals surface area contributed by atoms with Gasteiger partial charge in [0.2, 0.25) is 5.91 Å². The number of hydrogen-bond acceptors (Lipinski definition) is 4. The molecule has 6 nitrogen and oxygen atoms in total. The average Bonchev–Trinajstić information content (AvgIpc) is 2.98. The topological polar surface area (TPSA) is 81.1 Å². The summed E-state index contributed by atoms with van der Waals surface area (Å²) in [5.41, 5.74) is 0.482. The third-order valence-electron chi connectivity index (χ3n) is 3.52. The van der Waals surface area contributed by atoms with Crippen molar-refractivity contribution in [3.63, 3.8) is 0 Å². The fourth-order valence-electron chi connectivity index (χ4n) is 2.13. The molecule has 0 radical (unpaired) electrons. The van der Waals surface area contributed by atoms with Gasteiger partial charge in [0.05, 0.1) is 6.04 Å². The van der Waals surface area contributed by atoms with E-state index in [1.165, 1.54) is 16.8 Å². The Morgan fingerprint density at radius 3 is 2.57 bits per heavy atom. The molecule has 2 aromatic rings. The number of sulfone groups is 1. The van der Waals surface area contributed by atoms with E-state index in [1.54, 1.807) is 32.3 Å². The molecule has 1 amide bonds. The van der Waals surface area contributed by atoms with Crippen LogP contribution in [0.25, 0.3) is 0 Å². The van der Waals surface area contributed by atoms with Crippen molar-refractivity contribution >= 4 is 15.7 Å². The van der Waals surface area contributed by atoms with Crippen LogP contribution in [0.2, 0.25) is 0 Å². The molecule has 1 heterocycles. The van der Waals surface area contributed by atoms with Crippen LogP contribution in [0.15, 0.2) is 41.6 Å². The molecule has 2 atom stereocenters. The molecule has 0 unspecified atom stereocenters. The van der Waals surface area contributed by atoms with Crippen LogP contribution in [-0.4, -0.2) is 30.4 Å². The second kappa shape index (κ2) is 6.49. The highest BCUT2D eigenvalue weighted by atomic mass is 32.2. The third kappa shape index (κ3) is 3.95. The summed E-state index contributed by atoms with van der Waals surface area (Å²) in [6, 6.07) is 4.56. The first kappa shape index (κ1) is 17.1. The van der Waals surface area contributed by atoms with E-state index in [2.05, 4.69) is 10.4 Å². The lowest BCUT2D eigenvalue weighted by molar-refractivity contribution is -0.124. The quantitative estimate of drug-likeness (QED) is 0.901. The molecular formula is C15H18FN3O3S. The summed E-state index contributed by atoms with van der Waals surface area (Å²) in [5, 5.41) is 6.75. The third-order valence-corrected chi connectivity index (χ3v) is 4.65. The Kier molecular flexibility index (Phi) is 4.84. The number of hydrogen-bond donors (Lipinski definition) is 1. The van der Waals surface area contributed by atoms with Gasteiger partial charge in [-0.15, -0.1) is 0 Å². The van der Waals surface area contributed by atoms with Gasteiger partial charge in [0.1, 0.15) is 16.8 Å². The molecular weight excluding hydrogens is 321 g/mol. The highest BCUT2D eigenvalue weighted by molar-refractivity contribution is 7.90. The van der Waals surface area contributed by atoms with Crippen molar-refractivity contribution in [3.05, 3.63) is 48.0 Å². The van der Waals surface area contributed by atoms with Crippen LogP contribution in [0.1, 0.15) is 31.5 Å². The van der Waals surface area contributed by atoms with Gasteiger partial charge in [-0.3, -0.25) is 9.48 Å². The molecule has 2 rings (SSSR count). The molecule has 1 aromatic carbocycles. The zero-order valence-corrected chi connectivity index (χ0v) is 13.8. The SMILES string of the molecule is C[C@H](NC(=O)[C@H](C)n1cccn1)c1ccc(S(C)(=O)=O)c(F)c1. The van der Waals surface area contributed by atoms with Crippen molar-refractivity contribution in [3.8, 4) is 0 Å². The van der Waals surface area contributed by atoms with Gasteiger partial charge in [0.25, 0.3) is 0 Å². The molecule has 23 heavy (non-hydrogen) atoms. The van der Waals surface area contributed by atoms with Crippen LogP contribution in [0.5, 0.6) is 0 Å². The van der Waals surface area contributed by atoms with Gasteiger partial charge in [0.15, 0.2) is 9.84 Å². The first-order chi connectivity index (χ1) is 10.7. The number of halogens is 1. The number of carbonyl (C=O) groups excluding carboxylic acids is 1. The number of amides is 1. The highest BCUT2D eigenvalue weighted by Gasteiger charge is 2.20. The molecule has 0 aliphatic carbocycles. The Morgan fingerprint density at radius 2 is 2.04 bits per heavy atom. The van der Waals surface area contributed by atoms with E-state index in [9.17, 15) is 17.6 Å². The molecule has 0 aliphatic heterocycles. The fourth-order valence-corrected chi connectivity index (χ4v) is 2.86. The van der Waals surface area contributed by atoms with E-state index < -0.39 is 27.7 Å². The molecule has 0 fully saturated rings.